The summed E-state index contributed by atoms with van der Waals surface area (Å²) in [6.07, 6.45) is 1.45. The van der Waals surface area contributed by atoms with Gasteiger partial charge in [-0.3, -0.25) is 14.5 Å². The van der Waals surface area contributed by atoms with Crippen LogP contribution in [0.1, 0.15) is 22.9 Å². The Morgan fingerprint density at radius 1 is 1.03 bits per heavy atom. The van der Waals surface area contributed by atoms with Crippen molar-refractivity contribution in [2.75, 3.05) is 4.90 Å². The van der Waals surface area contributed by atoms with Crippen molar-refractivity contribution in [1.82, 2.24) is 0 Å². The van der Waals surface area contributed by atoms with Gasteiger partial charge in [0.1, 0.15) is 17.6 Å². The van der Waals surface area contributed by atoms with Crippen LogP contribution in [0, 0.1) is 6.92 Å². The van der Waals surface area contributed by atoms with Gasteiger partial charge < -0.3 is 9.52 Å². The van der Waals surface area contributed by atoms with Crippen molar-refractivity contribution >= 4 is 46.3 Å². The van der Waals surface area contributed by atoms with E-state index in [0.717, 1.165) is 5.56 Å². The lowest BCUT2D eigenvalue weighted by Crippen LogP contribution is -2.29. The molecule has 1 N–H and O–H groups in total. The average molecular weight is 428 g/mol. The molecule has 7 heteroatoms. The number of hydrogen-bond donors (Lipinski definition) is 1. The molecule has 0 saturated carbocycles. The number of aryl methyl sites for hydroxylation is 1. The summed E-state index contributed by atoms with van der Waals surface area (Å²) in [5, 5.41) is 11.5. The number of aliphatic hydroxyl groups is 1. The lowest BCUT2D eigenvalue weighted by molar-refractivity contribution is -0.132. The number of Topliss-reactive ketones (excluding diaryl/α,β-unsaturated/α-hetero) is 1. The largest absolute Gasteiger partial charge is 0.507 e. The van der Waals surface area contributed by atoms with Crippen LogP contribution in [-0.2, 0) is 9.59 Å². The van der Waals surface area contributed by atoms with Gasteiger partial charge in [0, 0.05) is 11.3 Å². The Morgan fingerprint density at radius 3 is 2.45 bits per heavy atom. The van der Waals surface area contributed by atoms with E-state index in [9.17, 15) is 14.7 Å². The maximum absolute atomic E-state index is 13.0. The number of furan rings is 1. The summed E-state index contributed by atoms with van der Waals surface area (Å²) in [5.74, 6) is -1.55. The predicted molar refractivity (Wildman–Crippen MR) is 111 cm³/mol. The first kappa shape index (κ1) is 19.3. The lowest BCUT2D eigenvalue weighted by Gasteiger charge is -2.24. The minimum atomic E-state index is -0.916. The second-order valence-electron chi connectivity index (χ2n) is 6.60. The van der Waals surface area contributed by atoms with Gasteiger partial charge in [0.05, 0.1) is 21.9 Å². The highest BCUT2D eigenvalue weighted by atomic mass is 35.5. The van der Waals surface area contributed by atoms with Crippen molar-refractivity contribution in [2.24, 2.45) is 0 Å². The minimum absolute atomic E-state index is 0.0772. The standard InChI is InChI=1S/C22H15Cl2NO4/c1-12-5-2-3-6-16(12)25-19(17-7-4-10-29-17)18(21(27)22(25)28)20(26)13-8-9-14(23)15(24)11-13/h2-11,19,26H,1H3/b20-18-. The van der Waals surface area contributed by atoms with Crippen LogP contribution in [0.5, 0.6) is 0 Å². The first-order valence-corrected chi connectivity index (χ1v) is 9.51. The molecule has 29 heavy (non-hydrogen) atoms. The highest BCUT2D eigenvalue weighted by Crippen LogP contribution is 2.43. The summed E-state index contributed by atoms with van der Waals surface area (Å²) in [5.41, 5.74) is 1.56. The number of aliphatic hydroxyl groups excluding tert-OH is 1. The second kappa shape index (κ2) is 7.43. The van der Waals surface area contributed by atoms with Crippen LogP contribution >= 0.6 is 23.2 Å². The minimum Gasteiger partial charge on any atom is -0.507 e. The van der Waals surface area contributed by atoms with Crippen molar-refractivity contribution in [2.45, 2.75) is 13.0 Å². The van der Waals surface area contributed by atoms with Crippen molar-refractivity contribution in [3.05, 3.63) is 93.4 Å². The van der Waals surface area contributed by atoms with Crippen molar-refractivity contribution in [1.29, 1.82) is 0 Å². The van der Waals surface area contributed by atoms with E-state index in [1.54, 1.807) is 24.3 Å². The van der Waals surface area contributed by atoms with E-state index >= 15 is 0 Å². The number of anilines is 1. The molecule has 1 aliphatic rings. The molecule has 1 fully saturated rings. The molecule has 2 aromatic carbocycles. The van der Waals surface area contributed by atoms with Crippen LogP contribution < -0.4 is 4.90 Å². The zero-order valence-corrected chi connectivity index (χ0v) is 16.7. The molecule has 2 heterocycles. The molecular formula is C22H15Cl2NO4. The zero-order valence-electron chi connectivity index (χ0n) is 15.2. The topological polar surface area (TPSA) is 70.8 Å². The van der Waals surface area contributed by atoms with Gasteiger partial charge in [0.25, 0.3) is 11.7 Å². The van der Waals surface area contributed by atoms with Gasteiger partial charge >= 0.3 is 0 Å². The third-order valence-corrected chi connectivity index (χ3v) is 5.56. The fraction of sp³-hybridized carbons (Fsp3) is 0.0909. The molecule has 1 amide bonds. The monoisotopic (exact) mass is 427 g/mol. The summed E-state index contributed by atoms with van der Waals surface area (Å²) in [7, 11) is 0. The summed E-state index contributed by atoms with van der Waals surface area (Å²) >= 11 is 12.0. The lowest BCUT2D eigenvalue weighted by atomic mass is 9.99. The number of benzene rings is 2. The second-order valence-corrected chi connectivity index (χ2v) is 7.41. The SMILES string of the molecule is Cc1ccccc1N1C(=O)C(=O)/C(=C(\O)c2ccc(Cl)c(Cl)c2)C1c1ccco1. The number of para-hydroxylation sites is 1. The van der Waals surface area contributed by atoms with E-state index in [-0.39, 0.29) is 21.9 Å². The van der Waals surface area contributed by atoms with Crippen LogP contribution in [0.2, 0.25) is 10.0 Å². The molecular weight excluding hydrogens is 413 g/mol. The molecule has 1 aromatic heterocycles. The first-order valence-electron chi connectivity index (χ1n) is 8.75. The third-order valence-electron chi connectivity index (χ3n) is 4.83. The number of nitrogens with zero attached hydrogens (tertiary/aromatic N) is 1. The maximum Gasteiger partial charge on any atom is 0.300 e. The van der Waals surface area contributed by atoms with Gasteiger partial charge in [-0.1, -0.05) is 41.4 Å². The number of hydrogen-bond acceptors (Lipinski definition) is 4. The van der Waals surface area contributed by atoms with Crippen LogP contribution in [0.3, 0.4) is 0 Å². The number of rotatable bonds is 3. The Labute approximate surface area is 176 Å². The van der Waals surface area contributed by atoms with E-state index in [4.69, 9.17) is 27.6 Å². The number of carbonyl (C=O) groups is 2. The van der Waals surface area contributed by atoms with E-state index in [2.05, 4.69) is 0 Å². The summed E-state index contributed by atoms with van der Waals surface area (Å²) in [6, 6.07) is 14.1. The summed E-state index contributed by atoms with van der Waals surface area (Å²) in [4.78, 5) is 27.3. The molecule has 0 radical (unpaired) electrons. The number of carbonyl (C=O) groups excluding carboxylic acids is 2. The molecule has 1 aliphatic heterocycles. The van der Waals surface area contributed by atoms with E-state index in [1.807, 2.05) is 19.1 Å². The molecule has 0 aliphatic carbocycles. The number of ketones is 1. The van der Waals surface area contributed by atoms with Gasteiger partial charge in [-0.2, -0.15) is 0 Å². The molecule has 3 aromatic rings. The Hall–Kier alpha value is -3.02. The summed E-state index contributed by atoms with van der Waals surface area (Å²) < 4.78 is 5.53. The molecule has 0 spiro atoms. The van der Waals surface area contributed by atoms with Crippen LogP contribution in [0.25, 0.3) is 5.76 Å². The molecule has 1 unspecified atom stereocenters. The van der Waals surface area contributed by atoms with Gasteiger partial charge in [0.2, 0.25) is 0 Å². The normalized spacial score (nSPS) is 18.4. The summed E-state index contributed by atoms with van der Waals surface area (Å²) in [6.45, 7) is 1.84. The molecule has 5 nitrogen and oxygen atoms in total. The van der Waals surface area contributed by atoms with Crippen LogP contribution in [0.4, 0.5) is 5.69 Å². The zero-order chi connectivity index (χ0) is 20.7. The van der Waals surface area contributed by atoms with E-state index in [0.29, 0.717) is 16.5 Å². The molecule has 1 atom stereocenters. The predicted octanol–water partition coefficient (Wildman–Crippen LogP) is 5.52. The highest BCUT2D eigenvalue weighted by Gasteiger charge is 2.48. The van der Waals surface area contributed by atoms with Gasteiger partial charge in [0.15, 0.2) is 0 Å². The molecule has 4 rings (SSSR count). The van der Waals surface area contributed by atoms with Crippen molar-refractivity contribution in [3.63, 3.8) is 0 Å². The van der Waals surface area contributed by atoms with Crippen molar-refractivity contribution < 1.29 is 19.1 Å². The fourth-order valence-corrected chi connectivity index (χ4v) is 3.73. The smallest absolute Gasteiger partial charge is 0.300 e. The quantitative estimate of drug-likeness (QED) is 0.339. The van der Waals surface area contributed by atoms with Crippen molar-refractivity contribution in [3.8, 4) is 0 Å². The van der Waals surface area contributed by atoms with E-state index < -0.39 is 17.7 Å². The average Bonchev–Trinajstić information content (AvgIpc) is 3.32. The third kappa shape index (κ3) is 3.22. The Balaban J connectivity index is 1.95. The maximum atomic E-state index is 13.0. The molecule has 1 saturated heterocycles. The van der Waals surface area contributed by atoms with Gasteiger partial charge in [-0.25, -0.2) is 0 Å². The van der Waals surface area contributed by atoms with Crippen LogP contribution in [-0.4, -0.2) is 16.8 Å². The van der Waals surface area contributed by atoms with Gasteiger partial charge in [-0.05, 0) is 48.9 Å². The van der Waals surface area contributed by atoms with Crippen LogP contribution in [0.15, 0.2) is 70.9 Å². The molecule has 146 valence electrons. The van der Waals surface area contributed by atoms with Gasteiger partial charge in [-0.15, -0.1) is 0 Å². The number of halogens is 2. The Bertz CT molecular complexity index is 1150. The fourth-order valence-electron chi connectivity index (χ4n) is 3.43. The first-order chi connectivity index (χ1) is 13.9. The Morgan fingerprint density at radius 2 is 1.79 bits per heavy atom. The molecule has 0 bridgehead atoms. The highest BCUT2D eigenvalue weighted by molar-refractivity contribution is 6.51. The number of amides is 1. The van der Waals surface area contributed by atoms with E-state index in [1.165, 1.54) is 29.4 Å². The Kier molecular flexibility index (Phi) is 4.94.